The summed E-state index contributed by atoms with van der Waals surface area (Å²) in [6.45, 7) is 1.65. The lowest BCUT2D eigenvalue weighted by Crippen LogP contribution is -2.41. The zero-order valence-corrected chi connectivity index (χ0v) is 24.2. The number of hydrogen-bond donors (Lipinski definition) is 1. The lowest BCUT2D eigenvalue weighted by Gasteiger charge is -2.28. The van der Waals surface area contributed by atoms with Gasteiger partial charge < -0.3 is 10.5 Å². The van der Waals surface area contributed by atoms with E-state index in [0.29, 0.717) is 16.1 Å². The Morgan fingerprint density at radius 2 is 1.62 bits per heavy atom. The van der Waals surface area contributed by atoms with Gasteiger partial charge in [0.05, 0.1) is 27.5 Å². The van der Waals surface area contributed by atoms with Crippen LogP contribution in [0.4, 0.5) is 0 Å². The van der Waals surface area contributed by atoms with Gasteiger partial charge in [-0.25, -0.2) is 13.2 Å². The highest BCUT2D eigenvalue weighted by molar-refractivity contribution is 7.95. The third-order valence-corrected chi connectivity index (χ3v) is 10.1. The molecule has 1 aliphatic rings. The Morgan fingerprint density at radius 1 is 1.00 bits per heavy atom. The topological polar surface area (TPSA) is 108 Å². The number of hydrogen-bond acceptors (Lipinski definition) is 7. The predicted octanol–water partition coefficient (Wildman–Crippen LogP) is 4.12. The Morgan fingerprint density at radius 3 is 2.27 bits per heavy atom. The van der Waals surface area contributed by atoms with E-state index in [1.165, 1.54) is 12.1 Å². The SMILES string of the molecule is CCOC(=O)C1=c2sc(=Cc3ccccc3Cl)c(=O)n2C(N)=C(S(=O)(=O)c2ccccc2)[C@@H]1c1ccccc1Cl. The van der Waals surface area contributed by atoms with Crippen molar-refractivity contribution in [2.24, 2.45) is 5.73 Å². The molecule has 0 saturated heterocycles. The molecule has 204 valence electrons. The molecule has 40 heavy (non-hydrogen) atoms. The number of carbonyl (C=O) groups excluding carboxylic acids is 1. The number of ether oxygens (including phenoxy) is 1. The zero-order valence-electron chi connectivity index (χ0n) is 21.0. The maximum Gasteiger partial charge on any atom is 0.338 e. The summed E-state index contributed by atoms with van der Waals surface area (Å²) in [6, 6.07) is 21.2. The standard InChI is InChI=1S/C29H22Cl2N2O5S2/c1-2-38-29(35)24-23(19-13-7-9-15-21(19)31)25(40(36,37)18-11-4-3-5-12-18)26(32)33-27(34)22(39-28(24)33)16-17-10-6-8-14-20(17)30/h3-16,23H,2,32H2,1H3/t23-/m1/s1. The van der Waals surface area contributed by atoms with Gasteiger partial charge >= 0.3 is 5.97 Å². The van der Waals surface area contributed by atoms with E-state index < -0.39 is 27.3 Å². The molecule has 0 aliphatic carbocycles. The molecule has 1 atom stereocenters. The maximum atomic E-state index is 14.2. The molecule has 0 fully saturated rings. The first kappa shape index (κ1) is 27.9. The van der Waals surface area contributed by atoms with E-state index in [0.717, 1.165) is 15.9 Å². The zero-order chi connectivity index (χ0) is 28.6. The van der Waals surface area contributed by atoms with Gasteiger partial charge in [-0.05, 0) is 48.4 Å². The number of allylic oxidation sites excluding steroid dienone is 1. The molecule has 0 radical (unpaired) electrons. The van der Waals surface area contributed by atoms with Gasteiger partial charge in [0, 0.05) is 10.0 Å². The summed E-state index contributed by atoms with van der Waals surface area (Å²) in [5.74, 6) is -2.36. The highest BCUT2D eigenvalue weighted by Gasteiger charge is 2.43. The van der Waals surface area contributed by atoms with Gasteiger partial charge in [0.25, 0.3) is 5.56 Å². The molecule has 1 aromatic heterocycles. The van der Waals surface area contributed by atoms with Crippen LogP contribution in [0.25, 0.3) is 17.5 Å². The smallest absolute Gasteiger partial charge is 0.338 e. The first-order valence-corrected chi connectivity index (χ1v) is 15.2. The molecule has 1 aliphatic heterocycles. The molecular formula is C29H22Cl2N2O5S2. The minimum atomic E-state index is -4.34. The molecule has 2 N–H and O–H groups in total. The number of rotatable bonds is 6. The van der Waals surface area contributed by atoms with Gasteiger partial charge in [0.2, 0.25) is 9.84 Å². The van der Waals surface area contributed by atoms with Crippen molar-refractivity contribution in [1.82, 2.24) is 4.57 Å². The number of benzene rings is 3. The van der Waals surface area contributed by atoms with Crippen molar-refractivity contribution in [3.8, 4) is 0 Å². The van der Waals surface area contributed by atoms with Gasteiger partial charge in [-0.2, -0.15) is 0 Å². The van der Waals surface area contributed by atoms with Gasteiger partial charge in [-0.15, -0.1) is 11.3 Å². The van der Waals surface area contributed by atoms with Crippen LogP contribution in [0.5, 0.6) is 0 Å². The summed E-state index contributed by atoms with van der Waals surface area (Å²) in [7, 11) is -4.34. The van der Waals surface area contributed by atoms with Gasteiger partial charge in [-0.1, -0.05) is 77.8 Å². The second kappa shape index (κ2) is 11.1. The van der Waals surface area contributed by atoms with Crippen LogP contribution < -0.4 is 20.5 Å². The molecule has 0 saturated carbocycles. The molecule has 2 heterocycles. The van der Waals surface area contributed by atoms with E-state index >= 15 is 0 Å². The summed E-state index contributed by atoms with van der Waals surface area (Å²) in [5.41, 5.74) is 6.83. The van der Waals surface area contributed by atoms with E-state index in [1.807, 2.05) is 0 Å². The molecular weight excluding hydrogens is 591 g/mol. The molecule has 0 amide bonds. The average Bonchev–Trinajstić information content (AvgIpc) is 3.26. The molecule has 0 bridgehead atoms. The van der Waals surface area contributed by atoms with Crippen LogP contribution in [-0.4, -0.2) is 25.6 Å². The molecule has 5 rings (SSSR count). The van der Waals surface area contributed by atoms with E-state index in [9.17, 15) is 18.0 Å². The van der Waals surface area contributed by atoms with E-state index in [1.54, 1.807) is 79.7 Å². The lowest BCUT2D eigenvalue weighted by molar-refractivity contribution is -0.136. The number of nitrogens with two attached hydrogens (primary N) is 1. The van der Waals surface area contributed by atoms with Crippen LogP contribution in [0.2, 0.25) is 10.0 Å². The summed E-state index contributed by atoms with van der Waals surface area (Å²) in [6.07, 6.45) is 1.58. The van der Waals surface area contributed by atoms with Crippen LogP contribution >= 0.6 is 34.5 Å². The van der Waals surface area contributed by atoms with Crippen molar-refractivity contribution in [1.29, 1.82) is 0 Å². The normalized spacial score (nSPS) is 15.7. The van der Waals surface area contributed by atoms with Crippen molar-refractivity contribution in [2.75, 3.05) is 6.61 Å². The van der Waals surface area contributed by atoms with E-state index in [-0.39, 0.29) is 42.0 Å². The number of aromatic nitrogens is 1. The van der Waals surface area contributed by atoms with Crippen LogP contribution in [0.1, 0.15) is 24.0 Å². The van der Waals surface area contributed by atoms with Crippen LogP contribution in [-0.2, 0) is 19.4 Å². The van der Waals surface area contributed by atoms with Crippen LogP contribution in [0.15, 0.2) is 93.5 Å². The highest BCUT2D eigenvalue weighted by Crippen LogP contribution is 2.44. The number of fused-ring (bicyclic) bond motifs is 1. The van der Waals surface area contributed by atoms with Crippen molar-refractivity contribution in [2.45, 2.75) is 17.7 Å². The minimum Gasteiger partial charge on any atom is -0.463 e. The number of thiazole rings is 1. The first-order chi connectivity index (χ1) is 19.2. The Bertz CT molecular complexity index is 1960. The van der Waals surface area contributed by atoms with Crippen molar-refractivity contribution in [3.05, 3.63) is 124 Å². The van der Waals surface area contributed by atoms with E-state index in [4.69, 9.17) is 33.7 Å². The Kier molecular flexibility index (Phi) is 7.74. The van der Waals surface area contributed by atoms with Crippen molar-refractivity contribution in [3.63, 3.8) is 0 Å². The number of carbonyl (C=O) groups is 1. The van der Waals surface area contributed by atoms with E-state index in [2.05, 4.69) is 0 Å². The van der Waals surface area contributed by atoms with Crippen LogP contribution in [0.3, 0.4) is 0 Å². The first-order valence-electron chi connectivity index (χ1n) is 12.1. The summed E-state index contributed by atoms with van der Waals surface area (Å²) >= 11 is 13.9. The monoisotopic (exact) mass is 612 g/mol. The fourth-order valence-electron chi connectivity index (χ4n) is 4.57. The number of nitrogens with zero attached hydrogens (tertiary/aromatic N) is 1. The number of halogens is 2. The highest BCUT2D eigenvalue weighted by atomic mass is 35.5. The largest absolute Gasteiger partial charge is 0.463 e. The molecule has 0 unspecified atom stereocenters. The Hall–Kier alpha value is -3.63. The molecule has 0 spiro atoms. The second-order valence-electron chi connectivity index (χ2n) is 8.73. The molecule has 4 aromatic rings. The predicted molar refractivity (Wildman–Crippen MR) is 158 cm³/mol. The summed E-state index contributed by atoms with van der Waals surface area (Å²) in [5, 5.41) is 0.635. The third-order valence-electron chi connectivity index (χ3n) is 6.34. The number of sulfone groups is 1. The van der Waals surface area contributed by atoms with Crippen LogP contribution in [0, 0.1) is 0 Å². The maximum absolute atomic E-state index is 14.2. The summed E-state index contributed by atoms with van der Waals surface area (Å²) < 4.78 is 35.2. The Labute approximate surface area is 244 Å². The van der Waals surface area contributed by atoms with Gasteiger partial charge in [0.15, 0.2) is 0 Å². The molecule has 11 heteroatoms. The third kappa shape index (κ3) is 4.79. The fraction of sp³-hybridized carbons (Fsp3) is 0.103. The second-order valence-corrected chi connectivity index (χ2v) is 12.5. The summed E-state index contributed by atoms with van der Waals surface area (Å²) in [4.78, 5) is 27.0. The quantitative estimate of drug-likeness (QED) is 0.328. The average molecular weight is 614 g/mol. The number of esters is 1. The van der Waals surface area contributed by atoms with Crippen molar-refractivity contribution >= 4 is 67.8 Å². The van der Waals surface area contributed by atoms with Crippen molar-refractivity contribution < 1.29 is 17.9 Å². The molecule has 7 nitrogen and oxygen atoms in total. The lowest BCUT2D eigenvalue weighted by atomic mass is 9.89. The van der Waals surface area contributed by atoms with Gasteiger partial charge in [0.1, 0.15) is 15.4 Å². The minimum absolute atomic E-state index is 0.0196. The fourth-order valence-corrected chi connectivity index (χ4v) is 7.85. The molecule has 3 aromatic carbocycles. The Balaban J connectivity index is 1.96. The van der Waals surface area contributed by atoms with Gasteiger partial charge in [-0.3, -0.25) is 9.36 Å².